The predicted molar refractivity (Wildman–Crippen MR) is 44.3 cm³/mol. The first-order valence-electron chi connectivity index (χ1n) is 2.62. The molecule has 2 N–H and O–H groups in total. The maximum absolute atomic E-state index is 5.21. The molecule has 0 saturated heterocycles. The molecule has 0 aromatic heterocycles. The molecule has 0 atom stereocenters. The topological polar surface area (TPSA) is 26.0 Å². The second-order valence-corrected chi connectivity index (χ2v) is 1.50. The van der Waals surface area contributed by atoms with Crippen LogP contribution in [0.15, 0.2) is 0 Å². The molecule has 8 heavy (non-hydrogen) atoms. The minimum atomic E-state index is 0. The van der Waals surface area contributed by atoms with Gasteiger partial charge >= 0.3 is 41.9 Å². The van der Waals surface area contributed by atoms with Crippen molar-refractivity contribution < 1.29 is 0 Å². The Morgan fingerprint density at radius 2 is 1.75 bits per heavy atom. The molecule has 0 aliphatic rings. The zero-order valence-corrected chi connectivity index (χ0v) is 4.41. The van der Waals surface area contributed by atoms with E-state index in [1.54, 1.807) is 0 Å². The van der Waals surface area contributed by atoms with Crippen molar-refractivity contribution in [2.45, 2.75) is 26.2 Å². The Bertz CT molecular complexity index is 24.4. The fourth-order valence-electron chi connectivity index (χ4n) is 0.394. The summed E-state index contributed by atoms with van der Waals surface area (Å²) in [4.78, 5) is 0. The smallest absolute Gasteiger partial charge is 0.316 e. The zero-order chi connectivity index (χ0) is 4.83. The van der Waals surface area contributed by atoms with Gasteiger partial charge in [0.25, 0.3) is 0 Å². The van der Waals surface area contributed by atoms with Gasteiger partial charge < -0.3 is 5.73 Å². The van der Waals surface area contributed by atoms with E-state index in [2.05, 4.69) is 6.92 Å². The van der Waals surface area contributed by atoms with Crippen molar-refractivity contribution in [3.05, 3.63) is 0 Å². The van der Waals surface area contributed by atoms with E-state index in [4.69, 9.17) is 5.73 Å². The Labute approximate surface area is 80.1 Å². The first kappa shape index (κ1) is 16.2. The fourth-order valence-corrected chi connectivity index (χ4v) is 0.394. The summed E-state index contributed by atoms with van der Waals surface area (Å²) < 4.78 is 0. The number of hydrogen-bond acceptors (Lipinski definition) is 1. The van der Waals surface area contributed by atoms with Gasteiger partial charge in [-0.2, -0.15) is 0 Å². The van der Waals surface area contributed by atoms with Gasteiger partial charge in [-0.3, -0.25) is 0 Å². The predicted octanol–water partition coefficient (Wildman–Crippen LogP) is -0.429. The number of rotatable bonds is 3. The van der Waals surface area contributed by atoms with Gasteiger partial charge in [0.05, 0.1) is 0 Å². The summed E-state index contributed by atoms with van der Waals surface area (Å²) in [5.41, 5.74) is 5.21. The van der Waals surface area contributed by atoms with Crippen LogP contribution in [0.3, 0.4) is 0 Å². The van der Waals surface area contributed by atoms with Crippen LogP contribution >= 0.6 is 0 Å². The Balaban J connectivity index is -0.000000125. The molecule has 0 amide bonds. The SMILES string of the molecule is CCCCCN.[LiH].[MgH2]. The maximum atomic E-state index is 5.21. The van der Waals surface area contributed by atoms with Crippen LogP contribution in [0.1, 0.15) is 26.2 Å². The zero-order valence-electron chi connectivity index (χ0n) is 4.41. The summed E-state index contributed by atoms with van der Waals surface area (Å²) in [6, 6.07) is 0. The summed E-state index contributed by atoms with van der Waals surface area (Å²) in [5, 5.41) is 0. The Hall–Kier alpha value is 1.32. The first-order valence-corrected chi connectivity index (χ1v) is 2.62. The number of nitrogens with two attached hydrogens (primary N) is 1. The molecule has 0 heterocycles. The monoisotopic (exact) mass is 121 g/mol. The second kappa shape index (κ2) is 15.8. The molecule has 44 valence electrons. The van der Waals surface area contributed by atoms with Gasteiger partial charge in [-0.1, -0.05) is 19.8 Å². The molecule has 0 unspecified atom stereocenters. The van der Waals surface area contributed by atoms with E-state index < -0.39 is 0 Å². The largest absolute Gasteiger partial charge is 0.316 e. The molecule has 0 saturated carbocycles. The quantitative estimate of drug-likeness (QED) is 0.398. The summed E-state index contributed by atoms with van der Waals surface area (Å²) in [6.45, 7) is 3.03. The molecule has 0 aromatic rings. The minimum absolute atomic E-state index is 0. The summed E-state index contributed by atoms with van der Waals surface area (Å²) in [7, 11) is 0. The minimum Gasteiger partial charge on any atom is 0.316 e. The Morgan fingerprint density at radius 1 is 1.25 bits per heavy atom. The van der Waals surface area contributed by atoms with Crippen molar-refractivity contribution in [3.63, 3.8) is 0 Å². The van der Waals surface area contributed by atoms with Gasteiger partial charge in [-0.15, -0.1) is 0 Å². The molecule has 0 spiro atoms. The standard InChI is InChI=1S/C5H13N.Li.Mg.3H/c1-2-3-4-5-6;;;;;/h2-6H2,1H3;;;;;. The van der Waals surface area contributed by atoms with E-state index in [1.807, 2.05) is 0 Å². The molecular weight excluding hydrogens is 105 g/mol. The van der Waals surface area contributed by atoms with Gasteiger partial charge in [0.15, 0.2) is 0 Å². The van der Waals surface area contributed by atoms with Crippen LogP contribution in [-0.2, 0) is 0 Å². The van der Waals surface area contributed by atoms with E-state index in [-0.39, 0.29) is 41.9 Å². The average Bonchev–Trinajstić information content (AvgIpc) is 1.61. The van der Waals surface area contributed by atoms with Crippen LogP contribution in [0.5, 0.6) is 0 Å². The summed E-state index contributed by atoms with van der Waals surface area (Å²) in [5.74, 6) is 0. The van der Waals surface area contributed by atoms with Gasteiger partial charge in [0.1, 0.15) is 0 Å². The third-order valence-corrected chi connectivity index (χ3v) is 0.808. The van der Waals surface area contributed by atoms with Gasteiger partial charge in [0.2, 0.25) is 0 Å². The number of unbranched alkanes of at least 4 members (excludes halogenated alkanes) is 2. The van der Waals surface area contributed by atoms with Crippen molar-refractivity contribution in [1.82, 2.24) is 0 Å². The molecule has 0 aliphatic carbocycles. The van der Waals surface area contributed by atoms with Gasteiger partial charge in [0, 0.05) is 0 Å². The molecule has 0 fully saturated rings. The molecule has 0 radical (unpaired) electrons. The molecule has 0 aromatic carbocycles. The summed E-state index contributed by atoms with van der Waals surface area (Å²) >= 11 is 0. The molecule has 3 heteroatoms. The normalized spacial score (nSPS) is 6.75. The van der Waals surface area contributed by atoms with Crippen LogP contribution in [0.25, 0.3) is 0 Å². The third-order valence-electron chi connectivity index (χ3n) is 0.808. The van der Waals surface area contributed by atoms with E-state index in [0.717, 1.165) is 6.54 Å². The maximum Gasteiger partial charge on any atom is 0.316 e. The van der Waals surface area contributed by atoms with E-state index in [0.29, 0.717) is 0 Å². The molecular formula is C5H16LiMgN. The van der Waals surface area contributed by atoms with Gasteiger partial charge in [-0.25, -0.2) is 0 Å². The summed E-state index contributed by atoms with van der Waals surface area (Å²) in [6.07, 6.45) is 3.75. The van der Waals surface area contributed by atoms with E-state index in [9.17, 15) is 0 Å². The third kappa shape index (κ3) is 15.7. The van der Waals surface area contributed by atoms with Crippen molar-refractivity contribution in [2.24, 2.45) is 5.73 Å². The van der Waals surface area contributed by atoms with Crippen LogP contribution in [0.4, 0.5) is 0 Å². The average molecular weight is 121 g/mol. The van der Waals surface area contributed by atoms with Gasteiger partial charge in [-0.05, 0) is 13.0 Å². The molecule has 0 bridgehead atoms. The fraction of sp³-hybridized carbons (Fsp3) is 1.00. The van der Waals surface area contributed by atoms with Crippen molar-refractivity contribution >= 4 is 41.9 Å². The Kier molecular flexibility index (Phi) is 31.8. The van der Waals surface area contributed by atoms with Crippen molar-refractivity contribution in [3.8, 4) is 0 Å². The molecule has 0 aliphatic heterocycles. The number of hydrogen-bond donors (Lipinski definition) is 1. The molecule has 0 rings (SSSR count). The van der Waals surface area contributed by atoms with Crippen molar-refractivity contribution in [2.75, 3.05) is 6.54 Å². The van der Waals surface area contributed by atoms with E-state index >= 15 is 0 Å². The van der Waals surface area contributed by atoms with Crippen LogP contribution in [0.2, 0.25) is 0 Å². The second-order valence-electron chi connectivity index (χ2n) is 1.50. The van der Waals surface area contributed by atoms with Crippen molar-refractivity contribution in [1.29, 1.82) is 0 Å². The van der Waals surface area contributed by atoms with Crippen LogP contribution < -0.4 is 5.73 Å². The Morgan fingerprint density at radius 3 is 1.88 bits per heavy atom. The first-order chi connectivity index (χ1) is 2.91. The van der Waals surface area contributed by atoms with E-state index in [1.165, 1.54) is 19.3 Å². The van der Waals surface area contributed by atoms with Crippen LogP contribution in [-0.4, -0.2) is 48.5 Å². The molecule has 1 nitrogen and oxygen atoms in total. The van der Waals surface area contributed by atoms with Crippen LogP contribution in [0, 0.1) is 0 Å².